The van der Waals surface area contributed by atoms with Crippen LogP contribution in [0.2, 0.25) is 0 Å². The van der Waals surface area contributed by atoms with Gasteiger partial charge in [-0.3, -0.25) is 0 Å². The van der Waals surface area contributed by atoms with Gasteiger partial charge in [-0.2, -0.15) is 0 Å². The summed E-state index contributed by atoms with van der Waals surface area (Å²) < 4.78 is 22.2. The quantitative estimate of drug-likeness (QED) is 0.654. The Morgan fingerprint density at radius 1 is 1.55 bits per heavy atom. The molecule has 0 aromatic heterocycles. The first kappa shape index (κ1) is 9.00. The minimum Gasteiger partial charge on any atom is -0.313 e. The minimum atomic E-state index is -2.72. The molecule has 4 heteroatoms. The summed E-state index contributed by atoms with van der Waals surface area (Å²) in [5.74, 6) is 0.718. The number of nitrogens with one attached hydrogen (secondary N) is 1. The number of hydrogen-bond donors (Lipinski definition) is 1. The van der Waals surface area contributed by atoms with Crippen LogP contribution >= 0.6 is 0 Å². The van der Waals surface area contributed by atoms with Gasteiger partial charge in [0.25, 0.3) is 0 Å². The van der Waals surface area contributed by atoms with Crippen LogP contribution < -0.4 is 5.32 Å². The standard InChI is InChI=1S/C7H15NO2S/c1-2-8-7-4-3-5-11(9,10)6-7/h7-8H,2-6H2,1H3. The molecular formula is C7H15NO2S. The highest BCUT2D eigenvalue weighted by Gasteiger charge is 2.23. The van der Waals surface area contributed by atoms with E-state index in [1.54, 1.807) is 0 Å². The van der Waals surface area contributed by atoms with E-state index in [1.165, 1.54) is 0 Å². The van der Waals surface area contributed by atoms with Crippen molar-refractivity contribution in [3.63, 3.8) is 0 Å². The van der Waals surface area contributed by atoms with Crippen LogP contribution in [0.1, 0.15) is 19.8 Å². The van der Waals surface area contributed by atoms with Gasteiger partial charge in [0.2, 0.25) is 0 Å². The van der Waals surface area contributed by atoms with Gasteiger partial charge in [0.15, 0.2) is 9.84 Å². The van der Waals surface area contributed by atoms with Crippen molar-refractivity contribution < 1.29 is 8.42 Å². The lowest BCUT2D eigenvalue weighted by atomic mass is 10.2. The Balaban J connectivity index is 2.47. The predicted octanol–water partition coefficient (Wildman–Crippen LogP) is 0.173. The Hall–Kier alpha value is -0.0900. The molecule has 0 aromatic rings. The van der Waals surface area contributed by atoms with Crippen LogP contribution in [0.4, 0.5) is 0 Å². The summed E-state index contributed by atoms with van der Waals surface area (Å²) in [4.78, 5) is 0. The molecule has 1 aliphatic heterocycles. The molecule has 1 heterocycles. The first-order valence-corrected chi connectivity index (χ1v) is 5.90. The number of sulfone groups is 1. The lowest BCUT2D eigenvalue weighted by Crippen LogP contribution is -2.39. The molecule has 1 fully saturated rings. The van der Waals surface area contributed by atoms with Gasteiger partial charge >= 0.3 is 0 Å². The topological polar surface area (TPSA) is 46.2 Å². The normalized spacial score (nSPS) is 30.1. The molecule has 1 unspecified atom stereocenters. The van der Waals surface area contributed by atoms with E-state index >= 15 is 0 Å². The highest BCUT2D eigenvalue weighted by atomic mass is 32.2. The second-order valence-corrected chi connectivity index (χ2v) is 5.24. The zero-order valence-electron chi connectivity index (χ0n) is 6.84. The van der Waals surface area contributed by atoms with E-state index in [2.05, 4.69) is 5.32 Å². The molecule has 0 radical (unpaired) electrons. The maximum absolute atomic E-state index is 11.1. The van der Waals surface area contributed by atoms with Crippen LogP contribution in [-0.2, 0) is 9.84 Å². The van der Waals surface area contributed by atoms with Gasteiger partial charge in [-0.15, -0.1) is 0 Å². The Bertz CT molecular complexity index is 208. The molecule has 3 nitrogen and oxygen atoms in total. The summed E-state index contributed by atoms with van der Waals surface area (Å²) in [6.07, 6.45) is 1.83. The average Bonchev–Trinajstić information content (AvgIpc) is 1.85. The third-order valence-electron chi connectivity index (χ3n) is 1.96. The zero-order chi connectivity index (χ0) is 8.32. The third-order valence-corrected chi connectivity index (χ3v) is 3.78. The van der Waals surface area contributed by atoms with Crippen molar-refractivity contribution in [2.45, 2.75) is 25.8 Å². The molecule has 0 aromatic carbocycles. The van der Waals surface area contributed by atoms with Gasteiger partial charge < -0.3 is 5.32 Å². The molecule has 1 aliphatic rings. The average molecular weight is 177 g/mol. The summed E-state index contributed by atoms with van der Waals surface area (Å²) in [5.41, 5.74) is 0. The van der Waals surface area contributed by atoms with Crippen LogP contribution in [0.15, 0.2) is 0 Å². The van der Waals surface area contributed by atoms with Gasteiger partial charge in [0.05, 0.1) is 11.5 Å². The van der Waals surface area contributed by atoms with Gasteiger partial charge in [-0.25, -0.2) is 8.42 Å². The Kier molecular flexibility index (Phi) is 2.90. The minimum absolute atomic E-state index is 0.207. The predicted molar refractivity (Wildman–Crippen MR) is 45.4 cm³/mol. The molecule has 0 aliphatic carbocycles. The molecule has 66 valence electrons. The summed E-state index contributed by atoms with van der Waals surface area (Å²) in [6, 6.07) is 0.207. The highest BCUT2D eigenvalue weighted by molar-refractivity contribution is 7.91. The second-order valence-electron chi connectivity index (χ2n) is 3.01. The summed E-state index contributed by atoms with van der Waals surface area (Å²) in [6.45, 7) is 2.86. The van der Waals surface area contributed by atoms with Crippen LogP contribution in [-0.4, -0.2) is 32.5 Å². The molecule has 1 atom stereocenters. The maximum Gasteiger partial charge on any atom is 0.151 e. The molecule has 1 rings (SSSR count). The molecule has 0 spiro atoms. The van der Waals surface area contributed by atoms with Crippen molar-refractivity contribution in [2.24, 2.45) is 0 Å². The molecule has 1 N–H and O–H groups in total. The fourth-order valence-electron chi connectivity index (χ4n) is 1.47. The van der Waals surface area contributed by atoms with E-state index in [4.69, 9.17) is 0 Å². The summed E-state index contributed by atoms with van der Waals surface area (Å²) in [7, 11) is -2.72. The molecule has 1 saturated heterocycles. The third kappa shape index (κ3) is 2.79. The Labute approximate surface area is 68.1 Å². The smallest absolute Gasteiger partial charge is 0.151 e. The van der Waals surface area contributed by atoms with E-state index < -0.39 is 9.84 Å². The van der Waals surface area contributed by atoms with Crippen molar-refractivity contribution >= 4 is 9.84 Å². The molecule has 0 amide bonds. The molecule has 0 bridgehead atoms. The van der Waals surface area contributed by atoms with E-state index in [9.17, 15) is 8.42 Å². The van der Waals surface area contributed by atoms with Crippen molar-refractivity contribution in [2.75, 3.05) is 18.1 Å². The van der Waals surface area contributed by atoms with E-state index in [0.29, 0.717) is 11.5 Å². The number of hydrogen-bond acceptors (Lipinski definition) is 3. The highest BCUT2D eigenvalue weighted by Crippen LogP contribution is 2.11. The van der Waals surface area contributed by atoms with Crippen molar-refractivity contribution in [1.82, 2.24) is 5.32 Å². The lowest BCUT2D eigenvalue weighted by molar-refractivity contribution is 0.491. The van der Waals surface area contributed by atoms with Gasteiger partial charge in [-0.05, 0) is 19.4 Å². The maximum atomic E-state index is 11.1. The van der Waals surface area contributed by atoms with E-state index in [0.717, 1.165) is 19.4 Å². The molecule has 0 saturated carbocycles. The molecule has 11 heavy (non-hydrogen) atoms. The van der Waals surface area contributed by atoms with Crippen LogP contribution in [0.3, 0.4) is 0 Å². The first-order chi connectivity index (χ1) is 5.14. The van der Waals surface area contributed by atoms with Crippen LogP contribution in [0.25, 0.3) is 0 Å². The molecular weight excluding hydrogens is 162 g/mol. The second kappa shape index (κ2) is 3.54. The van der Waals surface area contributed by atoms with E-state index in [1.807, 2.05) is 6.92 Å². The first-order valence-electron chi connectivity index (χ1n) is 4.08. The largest absolute Gasteiger partial charge is 0.313 e. The fraction of sp³-hybridized carbons (Fsp3) is 1.00. The van der Waals surface area contributed by atoms with Crippen LogP contribution in [0.5, 0.6) is 0 Å². The lowest BCUT2D eigenvalue weighted by Gasteiger charge is -2.22. The monoisotopic (exact) mass is 177 g/mol. The SMILES string of the molecule is CCNC1CCCS(=O)(=O)C1. The van der Waals surface area contributed by atoms with Crippen molar-refractivity contribution in [3.05, 3.63) is 0 Å². The Morgan fingerprint density at radius 2 is 2.27 bits per heavy atom. The van der Waals surface area contributed by atoms with Gasteiger partial charge in [0, 0.05) is 6.04 Å². The number of rotatable bonds is 2. The fourth-order valence-corrected chi connectivity index (χ4v) is 3.14. The Morgan fingerprint density at radius 3 is 2.82 bits per heavy atom. The summed E-state index contributed by atoms with van der Waals surface area (Å²) >= 11 is 0. The van der Waals surface area contributed by atoms with Gasteiger partial charge in [0.1, 0.15) is 0 Å². The van der Waals surface area contributed by atoms with E-state index in [-0.39, 0.29) is 6.04 Å². The zero-order valence-corrected chi connectivity index (χ0v) is 7.65. The van der Waals surface area contributed by atoms with Crippen LogP contribution in [0, 0.1) is 0 Å². The van der Waals surface area contributed by atoms with Crippen molar-refractivity contribution in [3.8, 4) is 0 Å². The summed E-state index contributed by atoms with van der Waals surface area (Å²) in [5, 5.41) is 3.16. The van der Waals surface area contributed by atoms with Gasteiger partial charge in [-0.1, -0.05) is 6.92 Å². The van der Waals surface area contributed by atoms with Crippen molar-refractivity contribution in [1.29, 1.82) is 0 Å².